The molecule has 0 spiro atoms. The van der Waals surface area contributed by atoms with Gasteiger partial charge >= 0.3 is 0 Å². The van der Waals surface area contributed by atoms with Crippen LogP contribution in [0.3, 0.4) is 0 Å². The molecule has 4 atom stereocenters. The Morgan fingerprint density at radius 2 is 1.73 bits per heavy atom. The van der Waals surface area contributed by atoms with Crippen LogP contribution < -0.4 is 5.73 Å². The fourth-order valence-corrected chi connectivity index (χ4v) is 3.19. The Bertz CT molecular complexity index is 205. The summed E-state index contributed by atoms with van der Waals surface area (Å²) in [6.07, 6.45) is 6.67. The Balaban J connectivity index is 1.92. The number of nitrogens with zero attached hydrogens (tertiary/aromatic N) is 1. The van der Waals surface area contributed by atoms with Crippen molar-refractivity contribution in [1.82, 2.24) is 4.90 Å². The van der Waals surface area contributed by atoms with Crippen LogP contribution in [0, 0.1) is 11.8 Å². The lowest BCUT2D eigenvalue weighted by atomic mass is 9.84. The Morgan fingerprint density at radius 3 is 2.40 bits per heavy atom. The van der Waals surface area contributed by atoms with Gasteiger partial charge in [-0.2, -0.15) is 0 Å². The van der Waals surface area contributed by atoms with Gasteiger partial charge in [0.25, 0.3) is 0 Å². The van der Waals surface area contributed by atoms with Gasteiger partial charge in [0, 0.05) is 18.6 Å². The number of likely N-dealkylation sites (tertiary alicyclic amines) is 1. The zero-order chi connectivity index (χ0) is 10.8. The molecule has 0 radical (unpaired) electrons. The second-order valence-corrected chi connectivity index (χ2v) is 5.75. The van der Waals surface area contributed by atoms with Crippen molar-refractivity contribution in [3.05, 3.63) is 0 Å². The summed E-state index contributed by atoms with van der Waals surface area (Å²) in [7, 11) is 0. The molecule has 2 heteroatoms. The van der Waals surface area contributed by atoms with Gasteiger partial charge in [-0.25, -0.2) is 0 Å². The average Bonchev–Trinajstić information content (AvgIpc) is 2.23. The number of hydrogen-bond acceptors (Lipinski definition) is 2. The summed E-state index contributed by atoms with van der Waals surface area (Å²) in [6, 6.07) is 1.13. The molecule has 0 bridgehead atoms. The van der Waals surface area contributed by atoms with E-state index in [1.54, 1.807) is 0 Å². The van der Waals surface area contributed by atoms with E-state index in [0.717, 1.165) is 11.8 Å². The summed E-state index contributed by atoms with van der Waals surface area (Å²) >= 11 is 0. The van der Waals surface area contributed by atoms with Crippen molar-refractivity contribution < 1.29 is 0 Å². The normalized spacial score (nSPS) is 44.2. The van der Waals surface area contributed by atoms with E-state index < -0.39 is 0 Å². The van der Waals surface area contributed by atoms with Crippen molar-refractivity contribution in [2.24, 2.45) is 17.6 Å². The van der Waals surface area contributed by atoms with Gasteiger partial charge in [0.1, 0.15) is 0 Å². The molecular formula is C13H26N2. The molecule has 2 fully saturated rings. The molecule has 0 aromatic heterocycles. The molecule has 1 saturated carbocycles. The Hall–Kier alpha value is -0.0800. The Labute approximate surface area is 94.2 Å². The number of nitrogens with two attached hydrogens (primary N) is 1. The first-order chi connectivity index (χ1) is 7.18. The standard InChI is InChI=1S/C13H26N2/c1-10-7-8-15(9-11(10)2)13-6-4-3-5-12(13)14/h10-13H,3-9,14H2,1-2H3. The lowest BCUT2D eigenvalue weighted by molar-refractivity contribution is 0.0664. The maximum absolute atomic E-state index is 6.25. The monoisotopic (exact) mass is 210 g/mol. The summed E-state index contributed by atoms with van der Waals surface area (Å²) in [5.74, 6) is 1.76. The van der Waals surface area contributed by atoms with Gasteiger partial charge in [-0.15, -0.1) is 0 Å². The molecule has 1 aliphatic carbocycles. The van der Waals surface area contributed by atoms with Crippen molar-refractivity contribution in [2.45, 2.75) is 58.0 Å². The largest absolute Gasteiger partial charge is 0.326 e. The third kappa shape index (κ3) is 2.54. The molecule has 88 valence electrons. The zero-order valence-electron chi connectivity index (χ0n) is 10.3. The fourth-order valence-electron chi connectivity index (χ4n) is 3.19. The summed E-state index contributed by atoms with van der Waals surface area (Å²) < 4.78 is 0. The van der Waals surface area contributed by atoms with Crippen LogP contribution in [0.1, 0.15) is 46.0 Å². The van der Waals surface area contributed by atoms with Gasteiger partial charge in [-0.05, 0) is 37.6 Å². The maximum atomic E-state index is 6.25. The van der Waals surface area contributed by atoms with Crippen molar-refractivity contribution >= 4 is 0 Å². The SMILES string of the molecule is CC1CCN(C2CCCCC2N)CC1C. The molecule has 1 saturated heterocycles. The first-order valence-corrected chi connectivity index (χ1v) is 6.68. The topological polar surface area (TPSA) is 29.3 Å². The van der Waals surface area contributed by atoms with E-state index in [2.05, 4.69) is 18.7 Å². The minimum absolute atomic E-state index is 0.444. The predicted octanol–water partition coefficient (Wildman–Crippen LogP) is 2.23. The molecule has 15 heavy (non-hydrogen) atoms. The van der Waals surface area contributed by atoms with E-state index >= 15 is 0 Å². The third-order valence-electron chi connectivity index (χ3n) is 4.62. The highest BCUT2D eigenvalue weighted by molar-refractivity contribution is 4.89. The van der Waals surface area contributed by atoms with Crippen LogP contribution in [0.15, 0.2) is 0 Å². The van der Waals surface area contributed by atoms with E-state index in [1.807, 2.05) is 0 Å². The fraction of sp³-hybridized carbons (Fsp3) is 1.00. The van der Waals surface area contributed by atoms with Crippen LogP contribution in [0.2, 0.25) is 0 Å². The van der Waals surface area contributed by atoms with E-state index in [1.165, 1.54) is 45.2 Å². The Morgan fingerprint density at radius 1 is 1.00 bits per heavy atom. The molecule has 1 heterocycles. The molecule has 2 N–H and O–H groups in total. The molecular weight excluding hydrogens is 184 g/mol. The molecule has 4 unspecified atom stereocenters. The first-order valence-electron chi connectivity index (χ1n) is 6.68. The smallest absolute Gasteiger partial charge is 0.0247 e. The molecule has 1 aliphatic heterocycles. The van der Waals surface area contributed by atoms with E-state index in [4.69, 9.17) is 5.73 Å². The van der Waals surface area contributed by atoms with Crippen LogP contribution in [-0.4, -0.2) is 30.1 Å². The minimum Gasteiger partial charge on any atom is -0.326 e. The van der Waals surface area contributed by atoms with Crippen molar-refractivity contribution in [3.63, 3.8) is 0 Å². The quantitative estimate of drug-likeness (QED) is 0.719. The molecule has 2 nitrogen and oxygen atoms in total. The van der Waals surface area contributed by atoms with Gasteiger partial charge in [0.2, 0.25) is 0 Å². The number of hydrogen-bond donors (Lipinski definition) is 1. The van der Waals surface area contributed by atoms with Gasteiger partial charge in [0.05, 0.1) is 0 Å². The van der Waals surface area contributed by atoms with Crippen LogP contribution in [0.25, 0.3) is 0 Å². The number of rotatable bonds is 1. The van der Waals surface area contributed by atoms with Crippen LogP contribution >= 0.6 is 0 Å². The van der Waals surface area contributed by atoms with Crippen LogP contribution in [0.4, 0.5) is 0 Å². The maximum Gasteiger partial charge on any atom is 0.0247 e. The summed E-state index contributed by atoms with van der Waals surface area (Å²) in [6.45, 7) is 7.34. The highest BCUT2D eigenvalue weighted by atomic mass is 15.2. The second kappa shape index (κ2) is 4.84. The highest BCUT2D eigenvalue weighted by Crippen LogP contribution is 2.28. The summed E-state index contributed by atoms with van der Waals surface area (Å²) in [5.41, 5.74) is 6.25. The van der Waals surface area contributed by atoms with Crippen LogP contribution in [0.5, 0.6) is 0 Å². The molecule has 0 aromatic carbocycles. The highest BCUT2D eigenvalue weighted by Gasteiger charge is 2.32. The van der Waals surface area contributed by atoms with Gasteiger partial charge < -0.3 is 5.73 Å². The zero-order valence-corrected chi connectivity index (χ0v) is 10.3. The van der Waals surface area contributed by atoms with Gasteiger partial charge in [-0.3, -0.25) is 4.90 Å². The molecule has 2 aliphatic rings. The van der Waals surface area contributed by atoms with Crippen molar-refractivity contribution in [1.29, 1.82) is 0 Å². The van der Waals surface area contributed by atoms with E-state index in [-0.39, 0.29) is 0 Å². The average molecular weight is 210 g/mol. The molecule has 0 aromatic rings. The minimum atomic E-state index is 0.444. The van der Waals surface area contributed by atoms with Gasteiger partial charge in [0.15, 0.2) is 0 Å². The second-order valence-electron chi connectivity index (χ2n) is 5.75. The first kappa shape index (κ1) is 11.4. The molecule has 2 rings (SSSR count). The van der Waals surface area contributed by atoms with Crippen LogP contribution in [-0.2, 0) is 0 Å². The summed E-state index contributed by atoms with van der Waals surface area (Å²) in [4.78, 5) is 2.68. The predicted molar refractivity (Wildman–Crippen MR) is 64.7 cm³/mol. The number of piperidine rings is 1. The Kier molecular flexibility index (Phi) is 3.68. The van der Waals surface area contributed by atoms with Crippen molar-refractivity contribution in [3.8, 4) is 0 Å². The van der Waals surface area contributed by atoms with E-state index in [0.29, 0.717) is 12.1 Å². The lowest BCUT2D eigenvalue weighted by Crippen LogP contribution is -2.53. The molecule has 0 amide bonds. The van der Waals surface area contributed by atoms with Gasteiger partial charge in [-0.1, -0.05) is 26.7 Å². The van der Waals surface area contributed by atoms with Crippen molar-refractivity contribution in [2.75, 3.05) is 13.1 Å². The third-order valence-corrected chi connectivity index (χ3v) is 4.62. The van der Waals surface area contributed by atoms with E-state index in [9.17, 15) is 0 Å². The lowest BCUT2D eigenvalue weighted by Gasteiger charge is -2.44. The summed E-state index contributed by atoms with van der Waals surface area (Å²) in [5, 5.41) is 0.